The minimum Gasteiger partial charge on any atom is -0.397 e. The van der Waals surface area contributed by atoms with Gasteiger partial charge in [0.2, 0.25) is 0 Å². The van der Waals surface area contributed by atoms with Crippen LogP contribution in [-0.4, -0.2) is 4.98 Å². The SMILES string of the molecule is Cc1cccc(CNc2c(N)cc(N)c(Cl)c2F)n1. The molecule has 0 fully saturated rings. The second-order valence-electron chi connectivity index (χ2n) is 4.18. The van der Waals surface area contributed by atoms with Crippen LogP contribution in [0.1, 0.15) is 11.4 Å². The van der Waals surface area contributed by atoms with E-state index in [9.17, 15) is 4.39 Å². The summed E-state index contributed by atoms with van der Waals surface area (Å²) in [6, 6.07) is 7.04. The van der Waals surface area contributed by atoms with Crippen molar-refractivity contribution in [3.8, 4) is 0 Å². The van der Waals surface area contributed by atoms with Crippen LogP contribution in [0.3, 0.4) is 0 Å². The van der Waals surface area contributed by atoms with Gasteiger partial charge < -0.3 is 16.8 Å². The van der Waals surface area contributed by atoms with Crippen LogP contribution in [0.5, 0.6) is 0 Å². The molecule has 0 aliphatic heterocycles. The fraction of sp³-hybridized carbons (Fsp3) is 0.154. The van der Waals surface area contributed by atoms with Gasteiger partial charge in [0.1, 0.15) is 5.02 Å². The molecular weight excluding hydrogens is 267 g/mol. The normalized spacial score (nSPS) is 10.5. The molecule has 0 atom stereocenters. The van der Waals surface area contributed by atoms with E-state index in [4.69, 9.17) is 23.1 Å². The smallest absolute Gasteiger partial charge is 0.169 e. The molecule has 0 spiro atoms. The Morgan fingerprint density at radius 3 is 2.74 bits per heavy atom. The zero-order valence-electron chi connectivity index (χ0n) is 10.4. The number of nitrogens with zero attached hydrogens (tertiary/aromatic N) is 1. The van der Waals surface area contributed by atoms with Gasteiger partial charge in [-0.3, -0.25) is 4.98 Å². The van der Waals surface area contributed by atoms with Gasteiger partial charge in [-0.15, -0.1) is 0 Å². The van der Waals surface area contributed by atoms with E-state index in [1.807, 2.05) is 25.1 Å². The fourth-order valence-corrected chi connectivity index (χ4v) is 1.87. The first-order chi connectivity index (χ1) is 8.99. The number of anilines is 3. The first kappa shape index (κ1) is 13.4. The Bertz CT molecular complexity index is 616. The van der Waals surface area contributed by atoms with Crippen LogP contribution < -0.4 is 16.8 Å². The number of halogens is 2. The van der Waals surface area contributed by atoms with Crippen molar-refractivity contribution in [3.63, 3.8) is 0 Å². The predicted molar refractivity (Wildman–Crippen MR) is 76.5 cm³/mol. The van der Waals surface area contributed by atoms with Crippen molar-refractivity contribution in [1.29, 1.82) is 0 Å². The van der Waals surface area contributed by atoms with Gasteiger partial charge in [-0.2, -0.15) is 0 Å². The third-order valence-electron chi connectivity index (χ3n) is 2.66. The summed E-state index contributed by atoms with van der Waals surface area (Å²) in [6.45, 7) is 2.24. The molecule has 1 heterocycles. The van der Waals surface area contributed by atoms with Crippen LogP contribution in [0, 0.1) is 12.7 Å². The molecule has 1 aromatic carbocycles. The standard InChI is InChI=1S/C13H14ClFN4/c1-7-3-2-4-8(19-7)6-18-13-10(17)5-9(16)11(14)12(13)15/h2-5,18H,6,16-17H2,1H3. The summed E-state index contributed by atoms with van der Waals surface area (Å²) in [6.07, 6.45) is 0. The lowest BCUT2D eigenvalue weighted by Crippen LogP contribution is -2.07. The molecule has 0 aliphatic rings. The van der Waals surface area contributed by atoms with E-state index in [1.54, 1.807) is 0 Å². The molecule has 0 bridgehead atoms. The van der Waals surface area contributed by atoms with E-state index in [0.717, 1.165) is 11.4 Å². The first-order valence-corrected chi connectivity index (χ1v) is 6.06. The minimum atomic E-state index is -0.646. The van der Waals surface area contributed by atoms with Gasteiger partial charge in [0.05, 0.1) is 29.3 Å². The average Bonchev–Trinajstić information content (AvgIpc) is 2.36. The van der Waals surface area contributed by atoms with Crippen molar-refractivity contribution in [2.24, 2.45) is 0 Å². The number of rotatable bonds is 3. The lowest BCUT2D eigenvalue weighted by Gasteiger charge is -2.12. The third-order valence-corrected chi connectivity index (χ3v) is 3.04. The van der Waals surface area contributed by atoms with E-state index in [2.05, 4.69) is 10.3 Å². The molecule has 5 N–H and O–H groups in total. The second kappa shape index (κ2) is 5.32. The maximum Gasteiger partial charge on any atom is 0.169 e. The summed E-state index contributed by atoms with van der Waals surface area (Å²) in [5.41, 5.74) is 13.4. The largest absolute Gasteiger partial charge is 0.397 e. The summed E-state index contributed by atoms with van der Waals surface area (Å²) in [4.78, 5) is 4.30. The number of hydrogen-bond acceptors (Lipinski definition) is 4. The van der Waals surface area contributed by atoms with Crippen molar-refractivity contribution >= 4 is 28.7 Å². The van der Waals surface area contributed by atoms with Gasteiger partial charge in [0, 0.05) is 5.69 Å². The molecule has 0 radical (unpaired) electrons. The van der Waals surface area contributed by atoms with Crippen LogP contribution in [-0.2, 0) is 6.54 Å². The van der Waals surface area contributed by atoms with Crippen LogP contribution in [0.4, 0.5) is 21.5 Å². The first-order valence-electron chi connectivity index (χ1n) is 5.68. The molecule has 1 aromatic heterocycles. The molecule has 0 saturated carbocycles. The average molecular weight is 281 g/mol. The molecule has 19 heavy (non-hydrogen) atoms. The Balaban J connectivity index is 2.23. The number of nitrogens with two attached hydrogens (primary N) is 2. The Labute approximate surface area is 115 Å². The third kappa shape index (κ3) is 2.88. The number of hydrogen-bond donors (Lipinski definition) is 3. The van der Waals surface area contributed by atoms with Gasteiger partial charge in [0.15, 0.2) is 5.82 Å². The maximum absolute atomic E-state index is 13.9. The molecule has 4 nitrogen and oxygen atoms in total. The Kier molecular flexibility index (Phi) is 3.76. The number of aromatic nitrogens is 1. The summed E-state index contributed by atoms with van der Waals surface area (Å²) >= 11 is 5.75. The second-order valence-corrected chi connectivity index (χ2v) is 4.56. The zero-order chi connectivity index (χ0) is 14.0. The number of nitrogen functional groups attached to an aromatic ring is 2. The minimum absolute atomic E-state index is 0.121. The zero-order valence-corrected chi connectivity index (χ0v) is 11.1. The topological polar surface area (TPSA) is 77.0 Å². The monoisotopic (exact) mass is 280 g/mol. The summed E-state index contributed by atoms with van der Waals surface area (Å²) in [7, 11) is 0. The van der Waals surface area contributed by atoms with Crippen LogP contribution in [0.2, 0.25) is 5.02 Å². The molecule has 0 amide bonds. The van der Waals surface area contributed by atoms with Gasteiger partial charge >= 0.3 is 0 Å². The molecule has 100 valence electrons. The molecule has 2 rings (SSSR count). The van der Waals surface area contributed by atoms with E-state index in [1.165, 1.54) is 6.07 Å². The molecular formula is C13H14ClFN4. The van der Waals surface area contributed by atoms with Crippen molar-refractivity contribution in [2.75, 3.05) is 16.8 Å². The van der Waals surface area contributed by atoms with Crippen molar-refractivity contribution < 1.29 is 4.39 Å². The summed E-state index contributed by atoms with van der Waals surface area (Å²) in [5.74, 6) is -0.646. The highest BCUT2D eigenvalue weighted by Gasteiger charge is 2.14. The van der Waals surface area contributed by atoms with Gasteiger partial charge in [-0.1, -0.05) is 17.7 Å². The maximum atomic E-state index is 13.9. The summed E-state index contributed by atoms with van der Waals surface area (Å²) in [5, 5.41) is 2.76. The lowest BCUT2D eigenvalue weighted by molar-refractivity contribution is 0.631. The molecule has 0 saturated heterocycles. The van der Waals surface area contributed by atoms with Gasteiger partial charge in [-0.25, -0.2) is 4.39 Å². The predicted octanol–water partition coefficient (Wildman–Crippen LogP) is 2.96. The molecule has 6 heteroatoms. The fourth-order valence-electron chi connectivity index (χ4n) is 1.72. The van der Waals surface area contributed by atoms with Crippen molar-refractivity contribution in [1.82, 2.24) is 4.98 Å². The molecule has 0 aliphatic carbocycles. The number of nitrogens with one attached hydrogen (secondary N) is 1. The number of pyridine rings is 1. The van der Waals surface area contributed by atoms with Crippen LogP contribution in [0.15, 0.2) is 24.3 Å². The van der Waals surface area contributed by atoms with Crippen molar-refractivity contribution in [2.45, 2.75) is 13.5 Å². The number of aryl methyl sites for hydroxylation is 1. The highest BCUT2D eigenvalue weighted by atomic mass is 35.5. The number of benzene rings is 1. The Hall–Kier alpha value is -2.01. The van der Waals surface area contributed by atoms with Crippen molar-refractivity contribution in [3.05, 3.63) is 46.5 Å². The van der Waals surface area contributed by atoms with Gasteiger partial charge in [-0.05, 0) is 25.1 Å². The molecule has 0 unspecified atom stereocenters. The quantitative estimate of drug-likeness (QED) is 0.756. The van der Waals surface area contributed by atoms with E-state index >= 15 is 0 Å². The van der Waals surface area contributed by atoms with Crippen LogP contribution in [0.25, 0.3) is 0 Å². The van der Waals surface area contributed by atoms with Crippen LogP contribution >= 0.6 is 11.6 Å². The Morgan fingerprint density at radius 2 is 2.05 bits per heavy atom. The summed E-state index contributed by atoms with van der Waals surface area (Å²) < 4.78 is 13.9. The Morgan fingerprint density at radius 1 is 1.32 bits per heavy atom. The van der Waals surface area contributed by atoms with E-state index in [0.29, 0.717) is 6.54 Å². The van der Waals surface area contributed by atoms with Gasteiger partial charge in [0.25, 0.3) is 0 Å². The highest BCUT2D eigenvalue weighted by molar-refractivity contribution is 6.33. The lowest BCUT2D eigenvalue weighted by atomic mass is 10.2. The highest BCUT2D eigenvalue weighted by Crippen LogP contribution is 2.33. The van der Waals surface area contributed by atoms with E-state index in [-0.39, 0.29) is 22.1 Å². The van der Waals surface area contributed by atoms with E-state index < -0.39 is 5.82 Å². The molecule has 2 aromatic rings.